The summed E-state index contributed by atoms with van der Waals surface area (Å²) in [7, 11) is 0. The molecule has 0 aliphatic heterocycles. The zero-order chi connectivity index (χ0) is 23.4. The van der Waals surface area contributed by atoms with Gasteiger partial charge >= 0.3 is 75.8 Å². The molecule has 0 aliphatic carbocycles. The molecule has 4 unspecified atom stereocenters. The Labute approximate surface area is 228 Å². The van der Waals surface area contributed by atoms with Gasteiger partial charge in [-0.3, -0.25) is 0 Å². The Balaban J connectivity index is -0.0000000626. The van der Waals surface area contributed by atoms with Crippen LogP contribution in [-0.2, 0) is 19.2 Å². The molecule has 8 N–H and O–H groups in total. The molecular formula is C12H20KO16Sb. The fraction of sp³-hybridized carbons (Fsp3) is 0.667. The van der Waals surface area contributed by atoms with Gasteiger partial charge in [-0.1, -0.05) is 0 Å². The van der Waals surface area contributed by atoms with E-state index in [4.69, 9.17) is 40.9 Å². The van der Waals surface area contributed by atoms with Crippen molar-refractivity contribution in [2.24, 2.45) is 0 Å². The first-order chi connectivity index (χ1) is 12.7. The van der Waals surface area contributed by atoms with Gasteiger partial charge in [0.15, 0.2) is 0 Å². The van der Waals surface area contributed by atoms with Crippen molar-refractivity contribution in [2.45, 2.75) is 24.4 Å². The fourth-order valence-electron chi connectivity index (χ4n) is 0.298. The first-order valence-electron chi connectivity index (χ1n) is 6.72. The van der Waals surface area contributed by atoms with Crippen LogP contribution >= 0.6 is 0 Å². The second kappa shape index (κ2) is 29.0. The zero-order valence-corrected chi connectivity index (χ0v) is 21.1. The summed E-state index contributed by atoms with van der Waals surface area (Å²) in [5.74, 6) is -6.60. The van der Waals surface area contributed by atoms with E-state index in [1.807, 2.05) is 0 Å². The van der Waals surface area contributed by atoms with E-state index in [0.29, 0.717) is 0 Å². The number of aliphatic carboxylic acids is 4. The Morgan fingerprint density at radius 2 is 0.600 bits per heavy atom. The predicted octanol–water partition coefficient (Wildman–Crippen LogP) is -15.0. The molecule has 30 heavy (non-hydrogen) atoms. The van der Waals surface area contributed by atoms with E-state index < -0.39 is 74.7 Å². The van der Waals surface area contributed by atoms with Crippen LogP contribution in [0.3, 0.4) is 0 Å². The van der Waals surface area contributed by atoms with Crippen LogP contribution in [0.4, 0.5) is 0 Å². The quantitative estimate of drug-likeness (QED) is 0.123. The summed E-state index contributed by atoms with van der Waals surface area (Å²) in [6, 6.07) is 0. The molecule has 0 rings (SSSR count). The number of hydrogen-bond donors (Lipinski definition) is 8. The van der Waals surface area contributed by atoms with Crippen LogP contribution in [-0.4, -0.2) is 140 Å². The molecular weight excluding hydrogens is 561 g/mol. The van der Waals surface area contributed by atoms with Crippen LogP contribution in [0.1, 0.15) is 0 Å². The van der Waals surface area contributed by atoms with Crippen LogP contribution in [0.5, 0.6) is 0 Å². The Kier molecular flexibility index (Phi) is 42.4. The molecule has 0 aromatic heterocycles. The molecule has 18 heteroatoms. The predicted molar refractivity (Wildman–Crippen MR) is 78.2 cm³/mol. The molecule has 0 aliphatic rings. The van der Waals surface area contributed by atoms with Gasteiger partial charge in [0.25, 0.3) is 0 Å². The number of rotatable bonds is 8. The summed E-state index contributed by atoms with van der Waals surface area (Å²) in [6.45, 7) is -3.16. The van der Waals surface area contributed by atoms with E-state index >= 15 is 0 Å². The van der Waals surface area contributed by atoms with Gasteiger partial charge in [0.1, 0.15) is 24.4 Å². The summed E-state index contributed by atoms with van der Waals surface area (Å²) in [4.78, 5) is 37.6. The van der Waals surface area contributed by atoms with E-state index in [1.54, 1.807) is 0 Å². The summed E-state index contributed by atoms with van der Waals surface area (Å²) in [6.07, 6.45) is -6.94. The van der Waals surface area contributed by atoms with Crippen molar-refractivity contribution in [1.82, 2.24) is 0 Å². The monoisotopic (exact) mass is 580 g/mol. The summed E-state index contributed by atoms with van der Waals surface area (Å²) >= 11 is 0. The third kappa shape index (κ3) is 35.5. The number of carbonyl (C=O) groups excluding carboxylic acids is 4. The second-order valence-corrected chi connectivity index (χ2v) is 4.07. The van der Waals surface area contributed by atoms with Gasteiger partial charge < -0.3 is 80.5 Å². The average Bonchev–Trinajstić information content (AvgIpc) is 2.66. The van der Waals surface area contributed by atoms with Crippen molar-refractivity contribution in [3.05, 3.63) is 0 Å². The summed E-state index contributed by atoms with van der Waals surface area (Å²) in [5.41, 5.74) is 0. The van der Waals surface area contributed by atoms with Crippen molar-refractivity contribution in [1.29, 1.82) is 0 Å². The zero-order valence-electron chi connectivity index (χ0n) is 15.4. The fourth-order valence-corrected chi connectivity index (χ4v) is 0.298. The van der Waals surface area contributed by atoms with E-state index in [9.17, 15) is 39.6 Å². The van der Waals surface area contributed by atoms with Crippen LogP contribution < -0.4 is 71.8 Å². The molecule has 4 atom stereocenters. The molecule has 170 valence electrons. The third-order valence-corrected chi connectivity index (χ3v) is 1.78. The smallest absolute Gasteiger partial charge is 0.547 e. The first kappa shape index (κ1) is 43.8. The van der Waals surface area contributed by atoms with Gasteiger partial charge in [0, 0.05) is 0 Å². The third-order valence-electron chi connectivity index (χ3n) is 1.78. The van der Waals surface area contributed by atoms with E-state index in [-0.39, 0.29) is 75.8 Å². The second-order valence-electron chi connectivity index (χ2n) is 4.07. The summed E-state index contributed by atoms with van der Waals surface area (Å²) in [5, 5.41) is 101. The van der Waals surface area contributed by atoms with Crippen LogP contribution in [0.25, 0.3) is 0 Å². The van der Waals surface area contributed by atoms with Gasteiger partial charge in [-0.25, -0.2) is 0 Å². The minimum atomic E-state index is -1.74. The van der Waals surface area contributed by atoms with Crippen LogP contribution in [0.15, 0.2) is 0 Å². The molecule has 0 spiro atoms. The maximum Gasteiger partial charge on any atom is 3.00 e. The van der Waals surface area contributed by atoms with E-state index in [0.717, 1.165) is 0 Å². The number of carbonyl (C=O) groups is 4. The van der Waals surface area contributed by atoms with Crippen molar-refractivity contribution in [3.8, 4) is 0 Å². The van der Waals surface area contributed by atoms with Gasteiger partial charge in [-0.15, -0.1) is 0 Å². The van der Waals surface area contributed by atoms with Gasteiger partial charge in [-0.2, -0.15) is 0 Å². The molecule has 16 nitrogen and oxygen atoms in total. The molecule has 0 fully saturated rings. The molecule has 0 amide bonds. The van der Waals surface area contributed by atoms with Crippen molar-refractivity contribution < 1.29 is 132 Å². The van der Waals surface area contributed by atoms with Crippen LogP contribution in [0, 0.1) is 0 Å². The molecule has 0 aromatic rings. The Morgan fingerprint density at radius 1 is 0.500 bits per heavy atom. The Bertz CT molecular complexity index is 370. The number of aliphatic hydroxyl groups is 8. The molecule has 2 radical (unpaired) electrons. The Morgan fingerprint density at radius 3 is 0.600 bits per heavy atom. The van der Waals surface area contributed by atoms with Crippen LogP contribution in [0.2, 0.25) is 0 Å². The largest absolute Gasteiger partial charge is 3.00 e. The number of hydrogen-bond acceptors (Lipinski definition) is 16. The van der Waals surface area contributed by atoms with E-state index in [2.05, 4.69) is 0 Å². The molecule has 0 bridgehead atoms. The molecule has 0 saturated carbocycles. The van der Waals surface area contributed by atoms with Gasteiger partial charge in [-0.05, 0) is 0 Å². The number of carboxylic acids is 4. The maximum atomic E-state index is 9.41. The van der Waals surface area contributed by atoms with Crippen molar-refractivity contribution in [2.75, 3.05) is 26.4 Å². The minimum Gasteiger partial charge on any atom is -0.547 e. The Hall–Kier alpha value is 0.0145. The van der Waals surface area contributed by atoms with Gasteiger partial charge in [0.2, 0.25) is 0 Å². The molecule has 0 aromatic carbocycles. The average molecular weight is 581 g/mol. The SMILES string of the molecule is O=C([O-])C(O)CO.O=C([O-])C(O)CO.O=C([O-])C(O)CO.O=C([O-])C(O)CO.[K+].[Sb+3]. The standard InChI is InChI=1S/4C3H6O4.K.Sb/c4*4-1-2(5)3(6)7;;/h4*2,4-5H,1H2,(H,6,7);;/q;;;;+1;+3/p-4. The normalized spacial score (nSPS) is 12.5. The maximum absolute atomic E-state index is 9.41. The number of aliphatic hydroxyl groups excluding tert-OH is 8. The summed E-state index contributed by atoms with van der Waals surface area (Å²) < 4.78 is 0. The van der Waals surface area contributed by atoms with Gasteiger partial charge in [0.05, 0.1) is 50.3 Å². The number of carboxylic acid groups (broad SMARTS) is 4. The molecule has 0 heterocycles. The van der Waals surface area contributed by atoms with Crippen molar-refractivity contribution in [3.63, 3.8) is 0 Å². The van der Waals surface area contributed by atoms with Crippen molar-refractivity contribution >= 4 is 48.3 Å². The first-order valence-corrected chi connectivity index (χ1v) is 6.72. The van der Waals surface area contributed by atoms with E-state index in [1.165, 1.54) is 0 Å². The minimum absolute atomic E-state index is 0. The molecule has 0 saturated heterocycles. The topological polar surface area (TPSA) is 322 Å².